The van der Waals surface area contributed by atoms with Gasteiger partial charge in [-0.3, -0.25) is 4.79 Å². The normalized spacial score (nSPS) is 13.2. The summed E-state index contributed by atoms with van der Waals surface area (Å²) in [6, 6.07) is 5.49. The SMILES string of the molecule is CCC(C(=O)Nc1ccc(Br)c(C)c1)/C(N)=N/O. The molecule has 1 rings (SSSR count). The predicted molar refractivity (Wildman–Crippen MR) is 74.7 cm³/mol. The van der Waals surface area contributed by atoms with E-state index < -0.39 is 5.92 Å². The van der Waals surface area contributed by atoms with Crippen LogP contribution in [-0.4, -0.2) is 17.0 Å². The maximum Gasteiger partial charge on any atom is 0.235 e. The number of halogens is 1. The van der Waals surface area contributed by atoms with Crippen molar-refractivity contribution in [2.45, 2.75) is 20.3 Å². The maximum atomic E-state index is 11.9. The number of hydrogen-bond donors (Lipinski definition) is 3. The molecular weight excluding hydrogens is 298 g/mol. The average Bonchev–Trinajstić information content (AvgIpc) is 2.34. The number of carbonyl (C=O) groups is 1. The topological polar surface area (TPSA) is 87.7 Å². The number of nitrogens with zero attached hydrogens (tertiary/aromatic N) is 1. The zero-order valence-electron chi connectivity index (χ0n) is 10.3. The Morgan fingerprint density at radius 3 is 2.78 bits per heavy atom. The Hall–Kier alpha value is -1.56. The van der Waals surface area contributed by atoms with Gasteiger partial charge in [0.1, 0.15) is 0 Å². The highest BCUT2D eigenvalue weighted by Crippen LogP contribution is 2.20. The lowest BCUT2D eigenvalue weighted by Gasteiger charge is -2.14. The van der Waals surface area contributed by atoms with E-state index >= 15 is 0 Å². The Kier molecular flexibility index (Phi) is 5.15. The van der Waals surface area contributed by atoms with Crippen molar-refractivity contribution >= 4 is 33.4 Å². The van der Waals surface area contributed by atoms with Crippen LogP contribution in [0, 0.1) is 12.8 Å². The Morgan fingerprint density at radius 1 is 1.61 bits per heavy atom. The molecule has 0 heterocycles. The quantitative estimate of drug-likeness (QED) is 0.345. The summed E-state index contributed by atoms with van der Waals surface area (Å²) in [5.41, 5.74) is 7.17. The first kappa shape index (κ1) is 14.5. The third kappa shape index (κ3) is 3.46. The monoisotopic (exact) mass is 313 g/mol. The summed E-state index contributed by atoms with van der Waals surface area (Å²) in [5, 5.41) is 14.2. The number of rotatable bonds is 4. The van der Waals surface area contributed by atoms with Gasteiger partial charge in [-0.1, -0.05) is 28.0 Å². The molecule has 0 aliphatic carbocycles. The predicted octanol–water partition coefficient (Wildman–Crippen LogP) is 2.47. The second-order valence-corrected chi connectivity index (χ2v) is 4.79. The average molecular weight is 314 g/mol. The van der Waals surface area contributed by atoms with Crippen LogP contribution in [0.15, 0.2) is 27.8 Å². The number of nitrogens with one attached hydrogen (secondary N) is 1. The summed E-state index contributed by atoms with van der Waals surface area (Å²) < 4.78 is 0.976. The molecule has 0 bridgehead atoms. The largest absolute Gasteiger partial charge is 0.409 e. The molecule has 5 nitrogen and oxygen atoms in total. The smallest absolute Gasteiger partial charge is 0.235 e. The Balaban J connectivity index is 2.83. The molecule has 0 aromatic heterocycles. The van der Waals surface area contributed by atoms with Gasteiger partial charge in [0.25, 0.3) is 0 Å². The number of benzene rings is 1. The molecule has 0 saturated heterocycles. The van der Waals surface area contributed by atoms with Crippen LogP contribution in [0.4, 0.5) is 5.69 Å². The number of anilines is 1. The highest BCUT2D eigenvalue weighted by atomic mass is 79.9. The molecule has 0 radical (unpaired) electrons. The number of carbonyl (C=O) groups excluding carboxylic acids is 1. The molecule has 0 fully saturated rings. The highest BCUT2D eigenvalue weighted by Gasteiger charge is 2.21. The lowest BCUT2D eigenvalue weighted by Crippen LogP contribution is -2.34. The summed E-state index contributed by atoms with van der Waals surface area (Å²) in [5.74, 6) is -0.989. The Labute approximate surface area is 114 Å². The highest BCUT2D eigenvalue weighted by molar-refractivity contribution is 9.10. The first-order valence-electron chi connectivity index (χ1n) is 5.54. The van der Waals surface area contributed by atoms with Gasteiger partial charge >= 0.3 is 0 Å². The standard InChI is InChI=1S/C12H16BrN3O2/c1-3-9(11(14)16-18)12(17)15-8-4-5-10(13)7(2)6-8/h4-6,9,18H,3H2,1-2H3,(H2,14,16)(H,15,17). The van der Waals surface area contributed by atoms with Crippen molar-refractivity contribution in [3.05, 3.63) is 28.2 Å². The molecular formula is C12H16BrN3O2. The van der Waals surface area contributed by atoms with Crippen molar-refractivity contribution in [2.24, 2.45) is 16.8 Å². The number of aryl methyl sites for hydroxylation is 1. The lowest BCUT2D eigenvalue weighted by atomic mass is 10.0. The number of amides is 1. The maximum absolute atomic E-state index is 11.9. The van der Waals surface area contributed by atoms with Gasteiger partial charge in [0.15, 0.2) is 5.84 Å². The van der Waals surface area contributed by atoms with Gasteiger partial charge in [0.05, 0.1) is 5.92 Å². The van der Waals surface area contributed by atoms with E-state index in [9.17, 15) is 4.79 Å². The first-order chi connectivity index (χ1) is 8.49. The van der Waals surface area contributed by atoms with Crippen LogP contribution in [0.25, 0.3) is 0 Å². The molecule has 1 atom stereocenters. The molecule has 0 aliphatic heterocycles. The number of oxime groups is 1. The first-order valence-corrected chi connectivity index (χ1v) is 6.33. The van der Waals surface area contributed by atoms with E-state index in [1.807, 2.05) is 19.1 Å². The minimum absolute atomic E-state index is 0.0798. The molecule has 98 valence electrons. The molecule has 0 saturated carbocycles. The molecule has 0 aliphatic rings. The fraction of sp³-hybridized carbons (Fsp3) is 0.333. The minimum Gasteiger partial charge on any atom is -0.409 e. The summed E-state index contributed by atoms with van der Waals surface area (Å²) in [6.07, 6.45) is 0.469. The van der Waals surface area contributed by atoms with Crippen LogP contribution >= 0.6 is 15.9 Å². The van der Waals surface area contributed by atoms with E-state index in [0.717, 1.165) is 10.0 Å². The molecule has 18 heavy (non-hydrogen) atoms. The van der Waals surface area contributed by atoms with Gasteiger partial charge in [0, 0.05) is 10.2 Å². The molecule has 0 spiro atoms. The molecule has 4 N–H and O–H groups in total. The van der Waals surface area contributed by atoms with Crippen molar-refractivity contribution in [1.29, 1.82) is 0 Å². The van der Waals surface area contributed by atoms with Gasteiger partial charge in [0.2, 0.25) is 5.91 Å². The van der Waals surface area contributed by atoms with Crippen LogP contribution in [-0.2, 0) is 4.79 Å². The van der Waals surface area contributed by atoms with Crippen molar-refractivity contribution < 1.29 is 10.0 Å². The van der Waals surface area contributed by atoms with Crippen LogP contribution < -0.4 is 11.1 Å². The number of nitrogens with two attached hydrogens (primary N) is 1. The van der Waals surface area contributed by atoms with E-state index in [1.54, 1.807) is 13.0 Å². The van der Waals surface area contributed by atoms with Crippen molar-refractivity contribution in [2.75, 3.05) is 5.32 Å². The summed E-state index contributed by atoms with van der Waals surface area (Å²) in [4.78, 5) is 11.9. The van der Waals surface area contributed by atoms with E-state index in [-0.39, 0.29) is 11.7 Å². The third-order valence-corrected chi connectivity index (χ3v) is 3.51. The second-order valence-electron chi connectivity index (χ2n) is 3.94. The lowest BCUT2D eigenvalue weighted by molar-refractivity contribution is -0.118. The fourth-order valence-corrected chi connectivity index (χ4v) is 1.80. The van der Waals surface area contributed by atoms with Gasteiger partial charge in [-0.15, -0.1) is 0 Å². The summed E-state index contributed by atoms with van der Waals surface area (Å²) >= 11 is 3.39. The summed E-state index contributed by atoms with van der Waals surface area (Å²) in [7, 11) is 0. The van der Waals surface area contributed by atoms with E-state index in [0.29, 0.717) is 12.1 Å². The second kappa shape index (κ2) is 6.39. The van der Waals surface area contributed by atoms with E-state index in [4.69, 9.17) is 10.9 Å². The summed E-state index contributed by atoms with van der Waals surface area (Å²) in [6.45, 7) is 3.73. The van der Waals surface area contributed by atoms with Gasteiger partial charge in [-0.2, -0.15) is 0 Å². The zero-order chi connectivity index (χ0) is 13.7. The van der Waals surface area contributed by atoms with Crippen molar-refractivity contribution in [1.82, 2.24) is 0 Å². The zero-order valence-corrected chi connectivity index (χ0v) is 11.9. The van der Waals surface area contributed by atoms with Gasteiger partial charge in [-0.05, 0) is 37.1 Å². The van der Waals surface area contributed by atoms with Crippen LogP contribution in [0.1, 0.15) is 18.9 Å². The number of amidine groups is 1. The molecule has 1 aromatic rings. The van der Waals surface area contributed by atoms with Crippen molar-refractivity contribution in [3.8, 4) is 0 Å². The number of hydrogen-bond acceptors (Lipinski definition) is 3. The van der Waals surface area contributed by atoms with Crippen LogP contribution in [0.5, 0.6) is 0 Å². The molecule has 6 heteroatoms. The molecule has 1 unspecified atom stereocenters. The van der Waals surface area contributed by atoms with Gasteiger partial charge < -0.3 is 16.3 Å². The Morgan fingerprint density at radius 2 is 2.28 bits per heavy atom. The van der Waals surface area contributed by atoms with Crippen LogP contribution in [0.2, 0.25) is 0 Å². The van der Waals surface area contributed by atoms with Gasteiger partial charge in [-0.25, -0.2) is 0 Å². The molecule has 1 aromatic carbocycles. The van der Waals surface area contributed by atoms with Crippen molar-refractivity contribution in [3.63, 3.8) is 0 Å². The Bertz CT molecular complexity index is 474. The van der Waals surface area contributed by atoms with E-state index in [1.165, 1.54) is 0 Å². The fourth-order valence-electron chi connectivity index (χ4n) is 1.55. The third-order valence-electron chi connectivity index (χ3n) is 2.62. The minimum atomic E-state index is -0.626. The molecule has 1 amide bonds. The van der Waals surface area contributed by atoms with E-state index in [2.05, 4.69) is 26.4 Å². The van der Waals surface area contributed by atoms with Crippen LogP contribution in [0.3, 0.4) is 0 Å².